The highest BCUT2D eigenvalue weighted by Crippen LogP contribution is 2.31. The molecular weight excluding hydrogens is 975 g/mol. The van der Waals surface area contributed by atoms with Gasteiger partial charge in [-0.25, -0.2) is 52.3 Å². The summed E-state index contributed by atoms with van der Waals surface area (Å²) in [6.45, 7) is 2.80. The number of anilines is 2. The first-order valence-electron chi connectivity index (χ1n) is 22.1. The van der Waals surface area contributed by atoms with Gasteiger partial charge in [0.2, 0.25) is 0 Å². The number of amides is 2. The van der Waals surface area contributed by atoms with Crippen molar-refractivity contribution in [3.8, 4) is 28.5 Å². The van der Waals surface area contributed by atoms with Crippen LogP contribution < -0.4 is 15.4 Å². The number of nitrogens with one attached hydrogen (secondary N) is 4. The van der Waals surface area contributed by atoms with E-state index in [2.05, 4.69) is 50.5 Å². The summed E-state index contributed by atoms with van der Waals surface area (Å²) in [5.41, 5.74) is 2.65. The summed E-state index contributed by atoms with van der Waals surface area (Å²) in [4.78, 5) is 60.1. The highest BCUT2D eigenvalue weighted by molar-refractivity contribution is 6.31. The summed E-state index contributed by atoms with van der Waals surface area (Å²) in [6.07, 6.45) is 11.5. The number of likely N-dealkylation sites (tertiary alicyclic amines) is 2. The van der Waals surface area contributed by atoms with Crippen LogP contribution in [0, 0.1) is 35.1 Å². The van der Waals surface area contributed by atoms with Crippen molar-refractivity contribution in [3.05, 3.63) is 136 Å². The van der Waals surface area contributed by atoms with Gasteiger partial charge in [-0.05, 0) is 86.1 Å². The zero-order valence-electron chi connectivity index (χ0n) is 36.8. The average Bonchev–Trinajstić information content (AvgIpc) is 3.98. The first-order chi connectivity index (χ1) is 33.8. The Morgan fingerprint density at radius 2 is 1.20 bits per heavy atom. The van der Waals surface area contributed by atoms with Gasteiger partial charge in [-0.2, -0.15) is 0 Å². The fraction of sp³-hybridized carbons (Fsp3) is 0.250. The number of piperidine rings is 2. The molecule has 4 N–H and O–H groups in total. The predicted molar refractivity (Wildman–Crippen MR) is 258 cm³/mol. The van der Waals surface area contributed by atoms with E-state index in [0.717, 1.165) is 55.6 Å². The second kappa shape index (κ2) is 21.3. The number of benzene rings is 2. The van der Waals surface area contributed by atoms with Gasteiger partial charge in [-0.3, -0.25) is 4.79 Å². The largest absolute Gasteiger partial charge is 0.415 e. The zero-order valence-corrected chi connectivity index (χ0v) is 39.1. The first-order valence-corrected chi connectivity index (χ1v) is 23.2. The minimum atomic E-state index is -1.06. The molecule has 2 saturated heterocycles. The Morgan fingerprint density at radius 3 is 1.76 bits per heavy atom. The lowest BCUT2D eigenvalue weighted by atomic mass is 9.97. The molecule has 2 unspecified atom stereocenters. The molecule has 8 aromatic rings. The Balaban J connectivity index is 0.000000174. The number of carbonyl (C=O) groups excluding carboxylic acids is 2. The lowest BCUT2D eigenvalue weighted by Gasteiger charge is -2.33. The van der Waals surface area contributed by atoms with Crippen LogP contribution in [0.15, 0.2) is 91.8 Å². The van der Waals surface area contributed by atoms with Crippen molar-refractivity contribution < 1.29 is 31.9 Å². The molecular formula is C48H41Cl3F4N12O3. The van der Waals surface area contributed by atoms with Crippen LogP contribution in [0.1, 0.15) is 36.0 Å². The molecule has 0 spiro atoms. The van der Waals surface area contributed by atoms with E-state index in [-0.39, 0.29) is 34.9 Å². The van der Waals surface area contributed by atoms with E-state index in [1.807, 2.05) is 0 Å². The van der Waals surface area contributed by atoms with Crippen LogP contribution in [-0.2, 0) is 0 Å². The molecule has 2 aromatic carbocycles. The van der Waals surface area contributed by atoms with Gasteiger partial charge in [0.25, 0.3) is 5.91 Å². The van der Waals surface area contributed by atoms with Crippen LogP contribution in [0.25, 0.3) is 44.8 Å². The van der Waals surface area contributed by atoms with Crippen LogP contribution >= 0.6 is 34.8 Å². The summed E-state index contributed by atoms with van der Waals surface area (Å²) in [7, 11) is 0. The van der Waals surface area contributed by atoms with Crippen molar-refractivity contribution in [1.82, 2.24) is 49.7 Å². The number of halogens is 7. The molecule has 2 amide bonds. The zero-order chi connectivity index (χ0) is 48.9. The Morgan fingerprint density at radius 1 is 0.643 bits per heavy atom. The summed E-state index contributed by atoms with van der Waals surface area (Å²) in [5, 5.41) is 9.02. The molecule has 2 aliphatic rings. The van der Waals surface area contributed by atoms with E-state index in [1.165, 1.54) is 12.3 Å². The van der Waals surface area contributed by atoms with Crippen LogP contribution in [0.2, 0.25) is 15.1 Å². The van der Waals surface area contributed by atoms with Crippen molar-refractivity contribution in [2.24, 2.45) is 11.8 Å². The predicted octanol–water partition coefficient (Wildman–Crippen LogP) is 10.8. The molecule has 70 heavy (non-hydrogen) atoms. The third kappa shape index (κ3) is 11.2. The number of H-pyrrole nitrogens is 2. The van der Waals surface area contributed by atoms with Gasteiger partial charge in [0.1, 0.15) is 17.0 Å². The molecule has 6 aromatic heterocycles. The van der Waals surface area contributed by atoms with E-state index in [4.69, 9.17) is 39.5 Å². The summed E-state index contributed by atoms with van der Waals surface area (Å²) in [5.74, 6) is -2.27. The molecule has 22 heteroatoms. The number of hydrogen-bond acceptors (Lipinski definition) is 11. The van der Waals surface area contributed by atoms with Crippen molar-refractivity contribution in [2.45, 2.75) is 25.7 Å². The molecule has 15 nitrogen and oxygen atoms in total. The molecule has 8 heterocycles. The molecule has 2 fully saturated rings. The van der Waals surface area contributed by atoms with E-state index >= 15 is 0 Å². The normalized spacial score (nSPS) is 15.9. The third-order valence-electron chi connectivity index (χ3n) is 11.8. The number of carbonyl (C=O) groups is 2. The second-order valence-electron chi connectivity index (χ2n) is 16.7. The van der Waals surface area contributed by atoms with E-state index in [9.17, 15) is 27.2 Å². The summed E-state index contributed by atoms with van der Waals surface area (Å²) < 4.78 is 61.2. The molecule has 2 aliphatic heterocycles. The standard InChI is InChI=1S/C24H21Cl2FN6O2.C24H20ClF3N6O/c25-15-4-1-5-17(7-15)35-24(34)33-6-2-3-14(13-33)9-28-23-20(27)12-31-22(32-23)19-11-30-21-18(19)8-16(26)10-29-21;25-15-7-16-17(10-31-21(16)30-9-15)22-32-11-20(28)23(33-22)29-8-13-2-1-5-34(12-13)24(35)14-3-4-18(26)19(27)6-14/h1,4-5,7-8,10-12,14H,2-3,6,9,13H2,(H,29,30)(H,28,31,32);3-4,6-7,9-11,13H,1-2,5,8,12H2,(H,30,31)(H,29,32,33). The lowest BCUT2D eigenvalue weighted by molar-refractivity contribution is 0.0679. The number of pyridine rings is 2. The Hall–Kier alpha value is -7.09. The Labute approximate surface area is 412 Å². The minimum absolute atomic E-state index is 0.0203. The number of nitrogens with zero attached hydrogens (tertiary/aromatic N) is 8. The van der Waals surface area contributed by atoms with Crippen molar-refractivity contribution in [1.29, 1.82) is 0 Å². The average molecular weight is 1020 g/mol. The van der Waals surface area contributed by atoms with E-state index < -0.39 is 29.4 Å². The monoisotopic (exact) mass is 1010 g/mol. The maximum Gasteiger partial charge on any atom is 0.415 e. The fourth-order valence-electron chi connectivity index (χ4n) is 8.37. The van der Waals surface area contributed by atoms with Crippen LogP contribution in [0.4, 0.5) is 34.0 Å². The highest BCUT2D eigenvalue weighted by atomic mass is 35.5. The van der Waals surface area contributed by atoms with Crippen molar-refractivity contribution in [3.63, 3.8) is 0 Å². The second-order valence-corrected chi connectivity index (χ2v) is 18.0. The number of ether oxygens (including phenoxy) is 1. The van der Waals surface area contributed by atoms with Crippen molar-refractivity contribution in [2.75, 3.05) is 49.9 Å². The maximum atomic E-state index is 14.5. The van der Waals surface area contributed by atoms with Gasteiger partial charge in [0, 0.05) is 96.5 Å². The third-order valence-corrected chi connectivity index (χ3v) is 12.5. The van der Waals surface area contributed by atoms with Gasteiger partial charge in [0.05, 0.1) is 22.4 Å². The molecule has 0 aliphatic carbocycles. The molecule has 0 radical (unpaired) electrons. The SMILES string of the molecule is O=C(Oc1cccc(Cl)c1)N1CCCC(CNc2nc(-c3c[nH]c4ncc(Cl)cc34)ncc2F)C1.O=C(c1ccc(F)c(F)c1)N1CCCC(CNc2nc(-c3c[nH]c4ncc(Cl)cc34)ncc2F)C1. The number of aromatic amines is 2. The van der Waals surface area contributed by atoms with Crippen molar-refractivity contribution >= 4 is 80.5 Å². The molecule has 360 valence electrons. The lowest BCUT2D eigenvalue weighted by Crippen LogP contribution is -2.43. The number of aromatic nitrogens is 8. The highest BCUT2D eigenvalue weighted by Gasteiger charge is 2.27. The maximum absolute atomic E-state index is 14.5. The van der Waals surface area contributed by atoms with E-state index in [0.29, 0.717) is 99.5 Å². The smallest absolute Gasteiger partial charge is 0.410 e. The molecule has 2 atom stereocenters. The Kier molecular flexibility index (Phi) is 14.6. The van der Waals surface area contributed by atoms with Gasteiger partial charge in [-0.1, -0.05) is 40.9 Å². The molecule has 0 bridgehead atoms. The fourth-order valence-corrected chi connectivity index (χ4v) is 8.87. The quantitative estimate of drug-likeness (QED) is 0.0957. The van der Waals surface area contributed by atoms with Crippen LogP contribution in [0.5, 0.6) is 5.75 Å². The van der Waals surface area contributed by atoms with Crippen LogP contribution in [0.3, 0.4) is 0 Å². The van der Waals surface area contributed by atoms with E-state index in [1.54, 1.807) is 64.8 Å². The van der Waals surface area contributed by atoms with Gasteiger partial charge in [0.15, 0.2) is 46.6 Å². The summed E-state index contributed by atoms with van der Waals surface area (Å²) >= 11 is 18.1. The van der Waals surface area contributed by atoms with Gasteiger partial charge in [-0.15, -0.1) is 0 Å². The van der Waals surface area contributed by atoms with Gasteiger partial charge >= 0.3 is 6.09 Å². The van der Waals surface area contributed by atoms with Crippen LogP contribution in [-0.4, -0.2) is 101 Å². The minimum Gasteiger partial charge on any atom is -0.410 e. The number of rotatable bonds is 10. The van der Waals surface area contributed by atoms with Gasteiger partial charge < -0.3 is 35.1 Å². The summed E-state index contributed by atoms with van der Waals surface area (Å²) in [6, 6.07) is 13.3. The number of fused-ring (bicyclic) bond motifs is 2. The first kappa shape index (κ1) is 48.0. The molecule has 0 saturated carbocycles. The Bertz CT molecular complexity index is 3220. The topological polar surface area (TPSA) is 183 Å². The number of hydrogen-bond donors (Lipinski definition) is 4. The molecule has 10 rings (SSSR count).